The molecule has 3 nitrogen and oxygen atoms in total. The van der Waals surface area contributed by atoms with E-state index in [0.29, 0.717) is 5.92 Å². The number of aryl methyl sites for hydroxylation is 1. The summed E-state index contributed by atoms with van der Waals surface area (Å²) in [5.41, 5.74) is 8.65. The van der Waals surface area contributed by atoms with Crippen LogP contribution in [0.3, 0.4) is 0 Å². The van der Waals surface area contributed by atoms with Crippen LogP contribution in [0.2, 0.25) is 0 Å². The Hall–Kier alpha value is -1.22. The van der Waals surface area contributed by atoms with Crippen molar-refractivity contribution in [2.24, 2.45) is 5.92 Å². The minimum Gasteiger partial charge on any atom is -0.397 e. The van der Waals surface area contributed by atoms with E-state index in [0.717, 1.165) is 16.9 Å². The lowest BCUT2D eigenvalue weighted by atomic mass is 10.0. The summed E-state index contributed by atoms with van der Waals surface area (Å²) in [6.07, 6.45) is 0. The van der Waals surface area contributed by atoms with Gasteiger partial charge in [0.05, 0.1) is 24.0 Å². The number of aliphatic hydroxyl groups excluding tert-OH is 1. The number of hydrogen-bond acceptors (Lipinski definition) is 3. The topological polar surface area (TPSA) is 58.3 Å². The Labute approximate surface area is 91.3 Å². The molecule has 1 aromatic carbocycles. The van der Waals surface area contributed by atoms with E-state index in [1.54, 1.807) is 0 Å². The molecule has 0 saturated heterocycles. The molecule has 0 saturated carbocycles. The molecule has 1 atom stereocenters. The number of hydrogen-bond donors (Lipinski definition) is 3. The first-order valence-electron chi connectivity index (χ1n) is 5.28. The maximum absolute atomic E-state index is 9.20. The number of anilines is 2. The first-order valence-corrected chi connectivity index (χ1v) is 5.28. The molecule has 0 fully saturated rings. The van der Waals surface area contributed by atoms with Gasteiger partial charge in [0, 0.05) is 0 Å². The van der Waals surface area contributed by atoms with Crippen LogP contribution in [-0.4, -0.2) is 17.8 Å². The highest BCUT2D eigenvalue weighted by Crippen LogP contribution is 2.21. The highest BCUT2D eigenvalue weighted by atomic mass is 16.3. The normalized spacial score (nSPS) is 12.9. The standard InChI is InChI=1S/C12H20N2O/c1-8(2)12(7-15)14-11-5-4-9(3)6-10(11)13/h4-6,8,12,14-15H,7,13H2,1-3H3/t12-/m1/s1. The zero-order valence-corrected chi connectivity index (χ0v) is 9.62. The third-order valence-corrected chi connectivity index (χ3v) is 2.55. The van der Waals surface area contributed by atoms with Crippen LogP contribution in [0.15, 0.2) is 18.2 Å². The zero-order valence-electron chi connectivity index (χ0n) is 9.62. The number of nitrogen functional groups attached to an aromatic ring is 1. The molecule has 0 unspecified atom stereocenters. The second-order valence-corrected chi connectivity index (χ2v) is 4.27. The van der Waals surface area contributed by atoms with Gasteiger partial charge in [0.2, 0.25) is 0 Å². The van der Waals surface area contributed by atoms with E-state index in [4.69, 9.17) is 5.73 Å². The van der Waals surface area contributed by atoms with E-state index in [1.165, 1.54) is 0 Å². The van der Waals surface area contributed by atoms with Crippen molar-refractivity contribution in [2.75, 3.05) is 17.7 Å². The predicted octanol–water partition coefficient (Wildman–Crippen LogP) is 2.01. The fraction of sp³-hybridized carbons (Fsp3) is 0.500. The lowest BCUT2D eigenvalue weighted by Crippen LogP contribution is -2.29. The minimum atomic E-state index is 0.0509. The molecule has 0 amide bonds. The largest absolute Gasteiger partial charge is 0.397 e. The van der Waals surface area contributed by atoms with Crippen LogP contribution in [0.5, 0.6) is 0 Å². The summed E-state index contributed by atoms with van der Waals surface area (Å²) in [6, 6.07) is 5.94. The van der Waals surface area contributed by atoms with Gasteiger partial charge in [-0.25, -0.2) is 0 Å². The molecule has 1 rings (SSSR count). The molecule has 0 aliphatic heterocycles. The van der Waals surface area contributed by atoms with Crippen molar-refractivity contribution in [1.29, 1.82) is 0 Å². The molecule has 0 aromatic heterocycles. The van der Waals surface area contributed by atoms with Crippen LogP contribution in [0.4, 0.5) is 11.4 Å². The molecule has 0 heterocycles. The molecular formula is C12H20N2O. The van der Waals surface area contributed by atoms with Crippen molar-refractivity contribution in [3.8, 4) is 0 Å². The Kier molecular flexibility index (Phi) is 3.97. The van der Waals surface area contributed by atoms with Crippen molar-refractivity contribution in [3.63, 3.8) is 0 Å². The molecular weight excluding hydrogens is 188 g/mol. The Morgan fingerprint density at radius 1 is 1.40 bits per heavy atom. The molecule has 3 heteroatoms. The highest BCUT2D eigenvalue weighted by molar-refractivity contribution is 5.67. The van der Waals surface area contributed by atoms with E-state index in [1.807, 2.05) is 25.1 Å². The number of nitrogens with one attached hydrogen (secondary N) is 1. The van der Waals surface area contributed by atoms with E-state index >= 15 is 0 Å². The van der Waals surface area contributed by atoms with Crippen molar-refractivity contribution in [3.05, 3.63) is 23.8 Å². The zero-order chi connectivity index (χ0) is 11.4. The van der Waals surface area contributed by atoms with Crippen LogP contribution >= 0.6 is 0 Å². The molecule has 84 valence electrons. The summed E-state index contributed by atoms with van der Waals surface area (Å²) in [6.45, 7) is 6.26. The lowest BCUT2D eigenvalue weighted by Gasteiger charge is -2.22. The van der Waals surface area contributed by atoms with Crippen molar-refractivity contribution in [2.45, 2.75) is 26.8 Å². The third kappa shape index (κ3) is 3.13. The molecule has 0 aliphatic carbocycles. The fourth-order valence-corrected chi connectivity index (χ4v) is 1.44. The minimum absolute atomic E-state index is 0.0509. The molecule has 1 aromatic rings. The van der Waals surface area contributed by atoms with Gasteiger partial charge in [-0.15, -0.1) is 0 Å². The van der Waals surface area contributed by atoms with E-state index in [-0.39, 0.29) is 12.6 Å². The summed E-state index contributed by atoms with van der Waals surface area (Å²) in [5.74, 6) is 0.371. The van der Waals surface area contributed by atoms with Crippen LogP contribution < -0.4 is 11.1 Å². The van der Waals surface area contributed by atoms with Gasteiger partial charge >= 0.3 is 0 Å². The van der Waals surface area contributed by atoms with E-state index in [2.05, 4.69) is 19.2 Å². The SMILES string of the molecule is Cc1ccc(N[C@H](CO)C(C)C)c(N)c1. The second-order valence-electron chi connectivity index (χ2n) is 4.27. The van der Waals surface area contributed by atoms with Crippen molar-refractivity contribution >= 4 is 11.4 Å². The van der Waals surface area contributed by atoms with Gasteiger partial charge in [-0.1, -0.05) is 19.9 Å². The van der Waals surface area contributed by atoms with Crippen LogP contribution in [0.25, 0.3) is 0 Å². The maximum Gasteiger partial charge on any atom is 0.0635 e. The van der Waals surface area contributed by atoms with Crippen LogP contribution in [-0.2, 0) is 0 Å². The highest BCUT2D eigenvalue weighted by Gasteiger charge is 2.12. The Morgan fingerprint density at radius 2 is 2.07 bits per heavy atom. The van der Waals surface area contributed by atoms with Gasteiger partial charge in [0.15, 0.2) is 0 Å². The number of benzene rings is 1. The van der Waals surface area contributed by atoms with E-state index in [9.17, 15) is 5.11 Å². The Bertz CT molecular complexity index is 323. The molecule has 0 spiro atoms. The average molecular weight is 208 g/mol. The monoisotopic (exact) mass is 208 g/mol. The van der Waals surface area contributed by atoms with Gasteiger partial charge in [0.1, 0.15) is 0 Å². The quantitative estimate of drug-likeness (QED) is 0.663. The van der Waals surface area contributed by atoms with Gasteiger partial charge in [-0.3, -0.25) is 0 Å². The summed E-state index contributed by atoms with van der Waals surface area (Å²) in [4.78, 5) is 0. The van der Waals surface area contributed by atoms with E-state index < -0.39 is 0 Å². The molecule has 4 N–H and O–H groups in total. The third-order valence-electron chi connectivity index (χ3n) is 2.55. The first-order chi connectivity index (χ1) is 7.04. The number of rotatable bonds is 4. The fourth-order valence-electron chi connectivity index (χ4n) is 1.44. The summed E-state index contributed by atoms with van der Waals surface area (Å²) in [5, 5.41) is 12.4. The molecule has 15 heavy (non-hydrogen) atoms. The molecule has 0 radical (unpaired) electrons. The summed E-state index contributed by atoms with van der Waals surface area (Å²) >= 11 is 0. The predicted molar refractivity (Wildman–Crippen MR) is 64.9 cm³/mol. The van der Waals surface area contributed by atoms with Crippen molar-refractivity contribution in [1.82, 2.24) is 0 Å². The van der Waals surface area contributed by atoms with Gasteiger partial charge < -0.3 is 16.2 Å². The lowest BCUT2D eigenvalue weighted by molar-refractivity contribution is 0.249. The van der Waals surface area contributed by atoms with Crippen molar-refractivity contribution < 1.29 is 5.11 Å². The average Bonchev–Trinajstić information content (AvgIpc) is 2.16. The second kappa shape index (κ2) is 5.03. The number of aliphatic hydroxyl groups is 1. The number of nitrogens with two attached hydrogens (primary N) is 1. The summed E-state index contributed by atoms with van der Waals surface area (Å²) < 4.78 is 0. The smallest absolute Gasteiger partial charge is 0.0635 e. The molecule has 0 aliphatic rings. The van der Waals surface area contributed by atoms with Gasteiger partial charge in [-0.2, -0.15) is 0 Å². The van der Waals surface area contributed by atoms with Gasteiger partial charge in [0.25, 0.3) is 0 Å². The van der Waals surface area contributed by atoms with Gasteiger partial charge in [-0.05, 0) is 30.5 Å². The maximum atomic E-state index is 9.20. The first kappa shape index (κ1) is 11.9. The van der Waals surface area contributed by atoms with Crippen LogP contribution in [0, 0.1) is 12.8 Å². The Morgan fingerprint density at radius 3 is 2.53 bits per heavy atom. The van der Waals surface area contributed by atoms with Crippen LogP contribution in [0.1, 0.15) is 19.4 Å². The summed E-state index contributed by atoms with van der Waals surface area (Å²) in [7, 11) is 0. The molecule has 0 bridgehead atoms. The Balaban J connectivity index is 2.79.